The van der Waals surface area contributed by atoms with E-state index < -0.39 is 0 Å². The molecule has 0 bridgehead atoms. The summed E-state index contributed by atoms with van der Waals surface area (Å²) in [5.74, 6) is 1.26. The number of aromatic nitrogens is 5. The molecule has 4 heterocycles. The largest absolute Gasteiger partial charge is 0.474 e. The molecule has 2 aliphatic rings. The van der Waals surface area contributed by atoms with Crippen LogP contribution in [0.1, 0.15) is 74.3 Å². The lowest BCUT2D eigenvalue weighted by Crippen LogP contribution is -2.32. The maximum Gasteiger partial charge on any atom is 0.263 e. The molecule has 1 N–H and O–H groups in total. The lowest BCUT2D eigenvalue weighted by atomic mass is 9.90. The molecule has 9 nitrogen and oxygen atoms in total. The Labute approximate surface area is 187 Å². The molecule has 5 rings (SSSR count). The van der Waals surface area contributed by atoms with Crippen LogP contribution in [0.4, 0.5) is 5.82 Å². The second-order valence-electron chi connectivity index (χ2n) is 9.49. The molecule has 3 aromatic heterocycles. The van der Waals surface area contributed by atoms with E-state index in [2.05, 4.69) is 29.2 Å². The SMILES string of the molecule is Cn1ccc(NC(=O)c2cn3cc(C4CCC(C)(C)OC4)nc3nc2OC2CCCC2)n1. The normalized spacial score (nSPS) is 21.2. The van der Waals surface area contributed by atoms with E-state index in [-0.39, 0.29) is 23.5 Å². The predicted octanol–water partition coefficient (Wildman–Crippen LogP) is 3.71. The summed E-state index contributed by atoms with van der Waals surface area (Å²) in [6.45, 7) is 4.87. The highest BCUT2D eigenvalue weighted by Gasteiger charge is 2.30. The highest BCUT2D eigenvalue weighted by atomic mass is 16.5. The van der Waals surface area contributed by atoms with E-state index in [0.29, 0.717) is 29.6 Å². The number of hydrogen-bond donors (Lipinski definition) is 1. The lowest BCUT2D eigenvalue weighted by molar-refractivity contribution is -0.0615. The van der Waals surface area contributed by atoms with E-state index in [1.54, 1.807) is 30.2 Å². The van der Waals surface area contributed by atoms with Crippen LogP contribution in [0.3, 0.4) is 0 Å². The maximum atomic E-state index is 13.1. The molecule has 1 atom stereocenters. The Morgan fingerprint density at radius 3 is 2.72 bits per heavy atom. The van der Waals surface area contributed by atoms with Gasteiger partial charge in [0.15, 0.2) is 5.82 Å². The van der Waals surface area contributed by atoms with Gasteiger partial charge in [-0.05, 0) is 52.4 Å². The Morgan fingerprint density at radius 1 is 1.22 bits per heavy atom. The second kappa shape index (κ2) is 8.20. The molecule has 2 fully saturated rings. The van der Waals surface area contributed by atoms with Crippen molar-refractivity contribution < 1.29 is 14.3 Å². The van der Waals surface area contributed by atoms with Gasteiger partial charge in [-0.25, -0.2) is 4.98 Å². The molecule has 170 valence electrons. The smallest absolute Gasteiger partial charge is 0.263 e. The third-order valence-electron chi connectivity index (χ3n) is 6.40. The van der Waals surface area contributed by atoms with Crippen molar-refractivity contribution in [1.82, 2.24) is 24.1 Å². The minimum atomic E-state index is -0.302. The van der Waals surface area contributed by atoms with E-state index in [1.165, 1.54) is 0 Å². The Kier molecular flexibility index (Phi) is 5.36. The highest BCUT2D eigenvalue weighted by Crippen LogP contribution is 2.33. The molecule has 1 saturated heterocycles. The molecule has 1 amide bonds. The number of nitrogens with one attached hydrogen (secondary N) is 1. The van der Waals surface area contributed by atoms with Gasteiger partial charge >= 0.3 is 0 Å². The molecular weight excluding hydrogens is 408 g/mol. The van der Waals surface area contributed by atoms with E-state index in [0.717, 1.165) is 44.2 Å². The summed E-state index contributed by atoms with van der Waals surface area (Å²) >= 11 is 0. The number of hydrogen-bond acceptors (Lipinski definition) is 6. The van der Waals surface area contributed by atoms with Crippen LogP contribution >= 0.6 is 0 Å². The van der Waals surface area contributed by atoms with E-state index in [9.17, 15) is 4.79 Å². The van der Waals surface area contributed by atoms with Crippen molar-refractivity contribution in [2.75, 3.05) is 11.9 Å². The van der Waals surface area contributed by atoms with Gasteiger partial charge in [0.1, 0.15) is 11.7 Å². The fourth-order valence-corrected chi connectivity index (χ4v) is 4.43. The number of aryl methyl sites for hydroxylation is 1. The van der Waals surface area contributed by atoms with Crippen LogP contribution in [0.5, 0.6) is 5.88 Å². The van der Waals surface area contributed by atoms with Crippen molar-refractivity contribution in [1.29, 1.82) is 0 Å². The number of ether oxygens (including phenoxy) is 2. The zero-order valence-corrected chi connectivity index (χ0v) is 18.9. The molecule has 1 unspecified atom stereocenters. The van der Waals surface area contributed by atoms with Crippen LogP contribution in [0.15, 0.2) is 24.7 Å². The van der Waals surface area contributed by atoms with Crippen LogP contribution < -0.4 is 10.1 Å². The number of imidazole rings is 1. The minimum absolute atomic E-state index is 0.0785. The van der Waals surface area contributed by atoms with Crippen molar-refractivity contribution in [3.05, 3.63) is 35.9 Å². The van der Waals surface area contributed by atoms with Gasteiger partial charge in [0.2, 0.25) is 11.7 Å². The summed E-state index contributed by atoms with van der Waals surface area (Å²) < 4.78 is 15.6. The van der Waals surface area contributed by atoms with Crippen molar-refractivity contribution in [3.63, 3.8) is 0 Å². The molecule has 1 aliphatic carbocycles. The topological polar surface area (TPSA) is 95.6 Å². The van der Waals surface area contributed by atoms with Crippen molar-refractivity contribution in [2.24, 2.45) is 7.05 Å². The molecule has 0 aromatic carbocycles. The number of nitrogens with zero attached hydrogens (tertiary/aromatic N) is 5. The van der Waals surface area contributed by atoms with E-state index in [1.807, 2.05) is 10.6 Å². The summed E-state index contributed by atoms with van der Waals surface area (Å²) in [5, 5.41) is 7.08. The zero-order chi connectivity index (χ0) is 22.3. The first-order valence-corrected chi connectivity index (χ1v) is 11.4. The van der Waals surface area contributed by atoms with E-state index >= 15 is 0 Å². The molecule has 0 spiro atoms. The Balaban J connectivity index is 1.46. The van der Waals surface area contributed by atoms with Crippen LogP contribution in [0.2, 0.25) is 0 Å². The molecule has 0 radical (unpaired) electrons. The number of fused-ring (bicyclic) bond motifs is 1. The number of rotatable bonds is 5. The highest BCUT2D eigenvalue weighted by molar-refractivity contribution is 6.05. The average Bonchev–Trinajstić information content (AvgIpc) is 3.49. The zero-order valence-electron chi connectivity index (χ0n) is 18.9. The predicted molar refractivity (Wildman–Crippen MR) is 119 cm³/mol. The molecule has 9 heteroatoms. The molecule has 1 saturated carbocycles. The Morgan fingerprint density at radius 2 is 2.03 bits per heavy atom. The van der Waals surface area contributed by atoms with Crippen LogP contribution in [0.25, 0.3) is 5.78 Å². The number of anilines is 1. The Bertz CT molecular complexity index is 1120. The third kappa shape index (κ3) is 4.34. The fraction of sp³-hybridized carbons (Fsp3) is 0.565. The fourth-order valence-electron chi connectivity index (χ4n) is 4.43. The Hall–Kier alpha value is -2.94. The first-order valence-electron chi connectivity index (χ1n) is 11.4. The minimum Gasteiger partial charge on any atom is -0.474 e. The molecule has 32 heavy (non-hydrogen) atoms. The van der Waals surface area contributed by atoms with Gasteiger partial charge in [0.25, 0.3) is 5.91 Å². The number of amides is 1. The monoisotopic (exact) mass is 438 g/mol. The third-order valence-corrected chi connectivity index (χ3v) is 6.40. The van der Waals surface area contributed by atoms with Gasteiger partial charge in [-0.15, -0.1) is 0 Å². The first kappa shape index (κ1) is 20.9. The molecule has 3 aromatic rings. The van der Waals surface area contributed by atoms with E-state index in [4.69, 9.17) is 14.5 Å². The van der Waals surface area contributed by atoms with Gasteiger partial charge in [-0.3, -0.25) is 13.9 Å². The lowest BCUT2D eigenvalue weighted by Gasteiger charge is -2.34. The summed E-state index contributed by atoms with van der Waals surface area (Å²) in [7, 11) is 1.81. The van der Waals surface area contributed by atoms with Crippen LogP contribution in [0, 0.1) is 0 Å². The van der Waals surface area contributed by atoms with Gasteiger partial charge < -0.3 is 14.8 Å². The summed E-state index contributed by atoms with van der Waals surface area (Å²) in [6.07, 6.45) is 11.8. The summed E-state index contributed by atoms with van der Waals surface area (Å²) in [6, 6.07) is 1.75. The van der Waals surface area contributed by atoms with Gasteiger partial charge in [0, 0.05) is 37.6 Å². The van der Waals surface area contributed by atoms with Crippen LogP contribution in [-0.4, -0.2) is 48.4 Å². The van der Waals surface area contributed by atoms with Gasteiger partial charge in [-0.2, -0.15) is 10.1 Å². The van der Waals surface area contributed by atoms with Crippen molar-refractivity contribution in [2.45, 2.75) is 70.0 Å². The van der Waals surface area contributed by atoms with Crippen molar-refractivity contribution in [3.8, 4) is 5.88 Å². The standard InChI is InChI=1S/C23H30N6O3/c1-23(2)10-8-15(14-31-23)18-13-29-12-17(20(30)25-19-9-11-28(3)27-19)21(26-22(29)24-18)32-16-6-4-5-7-16/h9,11-13,15-16H,4-8,10,14H2,1-3H3,(H,25,27,30). The van der Waals surface area contributed by atoms with Gasteiger partial charge in [-0.1, -0.05) is 0 Å². The maximum absolute atomic E-state index is 13.1. The first-order chi connectivity index (χ1) is 15.4. The second-order valence-corrected chi connectivity index (χ2v) is 9.49. The summed E-state index contributed by atoms with van der Waals surface area (Å²) in [4.78, 5) is 22.5. The number of carbonyl (C=O) groups excluding carboxylic acids is 1. The van der Waals surface area contributed by atoms with Gasteiger partial charge in [0.05, 0.1) is 17.9 Å². The average molecular weight is 439 g/mol. The van der Waals surface area contributed by atoms with Crippen LogP contribution in [-0.2, 0) is 11.8 Å². The quantitative estimate of drug-likeness (QED) is 0.652. The number of carbonyl (C=O) groups is 1. The molecular formula is C23H30N6O3. The van der Waals surface area contributed by atoms with Crippen molar-refractivity contribution >= 4 is 17.5 Å². The molecule has 1 aliphatic heterocycles. The summed E-state index contributed by atoms with van der Waals surface area (Å²) in [5.41, 5.74) is 1.22.